The van der Waals surface area contributed by atoms with Crippen molar-refractivity contribution in [2.45, 2.75) is 70.8 Å². The van der Waals surface area contributed by atoms with Crippen molar-refractivity contribution in [2.75, 3.05) is 6.61 Å². The molecule has 1 fully saturated rings. The highest BCUT2D eigenvalue weighted by Crippen LogP contribution is 2.32. The monoisotopic (exact) mass is 425 g/mol. The Morgan fingerprint density at radius 3 is 2.29 bits per heavy atom. The molecule has 0 spiro atoms. The van der Waals surface area contributed by atoms with Crippen molar-refractivity contribution < 1.29 is 18.7 Å². The van der Waals surface area contributed by atoms with Gasteiger partial charge in [-0.05, 0) is 67.5 Å². The molecule has 0 heterocycles. The van der Waals surface area contributed by atoms with Gasteiger partial charge in [0.2, 0.25) is 5.91 Å². The maximum atomic E-state index is 13.3. The first kappa shape index (κ1) is 23.0. The predicted octanol–water partition coefficient (Wildman–Crippen LogP) is 5.54. The van der Waals surface area contributed by atoms with Gasteiger partial charge in [0.05, 0.1) is 12.5 Å². The highest BCUT2D eigenvalue weighted by molar-refractivity contribution is 5.91. The molecular weight excluding hydrogens is 393 g/mol. The lowest BCUT2D eigenvalue weighted by Gasteiger charge is -2.36. The van der Waals surface area contributed by atoms with Crippen LogP contribution in [0.4, 0.5) is 4.39 Å². The number of amides is 1. The summed E-state index contributed by atoms with van der Waals surface area (Å²) in [4.78, 5) is 26.1. The predicted molar refractivity (Wildman–Crippen MR) is 120 cm³/mol. The van der Waals surface area contributed by atoms with E-state index in [0.29, 0.717) is 19.4 Å². The molecule has 0 aliphatic heterocycles. The standard InChI is InChI=1S/C26H32FNO3/c1-4-19-9-10-21(20-11-13-22(27)14-12-20)17-23(19)18(3)24(29)28-26(25(30)31-5-2)15-7-6-8-16-26/h9-14,17-18H,4-8,15-16H2,1-3H3,(H,28,29). The second kappa shape index (κ2) is 10.1. The Morgan fingerprint density at radius 1 is 1.03 bits per heavy atom. The second-order valence-corrected chi connectivity index (χ2v) is 8.35. The van der Waals surface area contributed by atoms with Gasteiger partial charge in [-0.2, -0.15) is 0 Å². The Balaban J connectivity index is 1.88. The quantitative estimate of drug-likeness (QED) is 0.593. The molecule has 3 rings (SSSR count). The van der Waals surface area contributed by atoms with E-state index in [1.165, 1.54) is 12.1 Å². The Hall–Kier alpha value is -2.69. The van der Waals surface area contributed by atoms with Crippen LogP contribution in [0, 0.1) is 5.82 Å². The van der Waals surface area contributed by atoms with Crippen LogP contribution in [0.25, 0.3) is 11.1 Å². The lowest BCUT2D eigenvalue weighted by atomic mass is 9.80. The molecular formula is C26H32FNO3. The molecule has 1 atom stereocenters. The van der Waals surface area contributed by atoms with Crippen molar-refractivity contribution in [1.82, 2.24) is 5.32 Å². The van der Waals surface area contributed by atoms with Crippen LogP contribution in [0.5, 0.6) is 0 Å². The van der Waals surface area contributed by atoms with Crippen LogP contribution in [-0.2, 0) is 20.7 Å². The molecule has 31 heavy (non-hydrogen) atoms. The number of rotatable bonds is 7. The van der Waals surface area contributed by atoms with Gasteiger partial charge in [0.25, 0.3) is 0 Å². The molecule has 0 bridgehead atoms. The number of aryl methyl sites for hydroxylation is 1. The molecule has 2 aromatic carbocycles. The maximum absolute atomic E-state index is 13.3. The Labute approximate surface area is 184 Å². The summed E-state index contributed by atoms with van der Waals surface area (Å²) in [5, 5.41) is 3.07. The minimum Gasteiger partial charge on any atom is -0.464 e. The summed E-state index contributed by atoms with van der Waals surface area (Å²) >= 11 is 0. The SMILES string of the molecule is CCOC(=O)C1(NC(=O)C(C)c2cc(-c3ccc(F)cc3)ccc2CC)CCCCC1. The molecule has 0 radical (unpaired) electrons. The van der Waals surface area contributed by atoms with Crippen molar-refractivity contribution in [3.05, 3.63) is 59.4 Å². The first-order chi connectivity index (χ1) is 14.9. The van der Waals surface area contributed by atoms with E-state index in [0.717, 1.165) is 47.9 Å². The first-order valence-electron chi connectivity index (χ1n) is 11.3. The number of halogens is 1. The van der Waals surface area contributed by atoms with Crippen LogP contribution >= 0.6 is 0 Å². The molecule has 2 aromatic rings. The van der Waals surface area contributed by atoms with Gasteiger partial charge in [-0.3, -0.25) is 4.79 Å². The van der Waals surface area contributed by atoms with Gasteiger partial charge >= 0.3 is 5.97 Å². The number of carbonyl (C=O) groups is 2. The molecule has 166 valence electrons. The summed E-state index contributed by atoms with van der Waals surface area (Å²) in [5.41, 5.74) is 2.91. The molecule has 4 nitrogen and oxygen atoms in total. The van der Waals surface area contributed by atoms with Crippen LogP contribution in [0.15, 0.2) is 42.5 Å². The molecule has 1 unspecified atom stereocenters. The van der Waals surface area contributed by atoms with Crippen LogP contribution in [0.2, 0.25) is 0 Å². The summed E-state index contributed by atoms with van der Waals surface area (Å²) in [6.45, 7) is 6.02. The first-order valence-corrected chi connectivity index (χ1v) is 11.3. The normalized spacial score (nSPS) is 16.4. The van der Waals surface area contributed by atoms with E-state index in [4.69, 9.17) is 4.74 Å². The summed E-state index contributed by atoms with van der Waals surface area (Å²) in [6.07, 6.45) is 4.87. The molecule has 5 heteroatoms. The van der Waals surface area contributed by atoms with Gasteiger partial charge in [-0.15, -0.1) is 0 Å². The van der Waals surface area contributed by atoms with Crippen molar-refractivity contribution in [2.24, 2.45) is 0 Å². The summed E-state index contributed by atoms with van der Waals surface area (Å²) < 4.78 is 18.6. The Kier molecular flexibility index (Phi) is 7.47. The average Bonchev–Trinajstić information content (AvgIpc) is 2.79. The fourth-order valence-corrected chi connectivity index (χ4v) is 4.43. The van der Waals surface area contributed by atoms with Gasteiger partial charge in [0, 0.05) is 0 Å². The molecule has 1 saturated carbocycles. The zero-order valence-corrected chi connectivity index (χ0v) is 18.7. The van der Waals surface area contributed by atoms with Crippen LogP contribution in [0.3, 0.4) is 0 Å². The van der Waals surface area contributed by atoms with Crippen LogP contribution in [0.1, 0.15) is 69.9 Å². The number of esters is 1. The topological polar surface area (TPSA) is 55.4 Å². The highest BCUT2D eigenvalue weighted by atomic mass is 19.1. The lowest BCUT2D eigenvalue weighted by Crippen LogP contribution is -2.57. The van der Waals surface area contributed by atoms with Gasteiger partial charge in [0.1, 0.15) is 11.4 Å². The number of benzene rings is 2. The van der Waals surface area contributed by atoms with E-state index >= 15 is 0 Å². The number of hydrogen-bond acceptors (Lipinski definition) is 3. The van der Waals surface area contributed by atoms with E-state index in [2.05, 4.69) is 12.2 Å². The molecule has 0 saturated heterocycles. The number of carbonyl (C=O) groups excluding carboxylic acids is 2. The highest BCUT2D eigenvalue weighted by Gasteiger charge is 2.43. The molecule has 0 aromatic heterocycles. The molecule has 1 amide bonds. The average molecular weight is 426 g/mol. The lowest BCUT2D eigenvalue weighted by molar-refractivity contribution is -0.155. The van der Waals surface area contributed by atoms with Crippen molar-refractivity contribution in [1.29, 1.82) is 0 Å². The smallest absolute Gasteiger partial charge is 0.331 e. The fraction of sp³-hybridized carbons (Fsp3) is 0.462. The van der Waals surface area contributed by atoms with Crippen molar-refractivity contribution in [3.8, 4) is 11.1 Å². The van der Waals surface area contributed by atoms with E-state index in [-0.39, 0.29) is 17.7 Å². The van der Waals surface area contributed by atoms with Crippen LogP contribution in [-0.4, -0.2) is 24.0 Å². The third-order valence-electron chi connectivity index (χ3n) is 6.30. The maximum Gasteiger partial charge on any atom is 0.331 e. The molecule has 1 N–H and O–H groups in total. The summed E-state index contributed by atoms with van der Waals surface area (Å²) in [6, 6.07) is 12.4. The van der Waals surface area contributed by atoms with Gasteiger partial charge in [0.15, 0.2) is 0 Å². The Bertz CT molecular complexity index is 917. The van der Waals surface area contributed by atoms with Gasteiger partial charge in [-0.25, -0.2) is 9.18 Å². The largest absolute Gasteiger partial charge is 0.464 e. The molecule has 1 aliphatic rings. The Morgan fingerprint density at radius 2 is 1.68 bits per heavy atom. The number of hydrogen-bond donors (Lipinski definition) is 1. The van der Waals surface area contributed by atoms with Gasteiger partial charge < -0.3 is 10.1 Å². The zero-order chi connectivity index (χ0) is 22.4. The number of ether oxygens (including phenoxy) is 1. The van der Waals surface area contributed by atoms with Crippen LogP contribution < -0.4 is 5.32 Å². The van der Waals surface area contributed by atoms with E-state index in [1.54, 1.807) is 19.1 Å². The third-order valence-corrected chi connectivity index (χ3v) is 6.30. The van der Waals surface area contributed by atoms with Crippen molar-refractivity contribution in [3.63, 3.8) is 0 Å². The van der Waals surface area contributed by atoms with Gasteiger partial charge in [-0.1, -0.05) is 56.5 Å². The van der Waals surface area contributed by atoms with Crippen molar-refractivity contribution >= 4 is 11.9 Å². The van der Waals surface area contributed by atoms with E-state index < -0.39 is 11.5 Å². The van der Waals surface area contributed by atoms with E-state index in [1.807, 2.05) is 25.1 Å². The van der Waals surface area contributed by atoms with E-state index in [9.17, 15) is 14.0 Å². The summed E-state index contributed by atoms with van der Waals surface area (Å²) in [7, 11) is 0. The second-order valence-electron chi connectivity index (χ2n) is 8.35. The fourth-order valence-electron chi connectivity index (χ4n) is 4.43. The minimum atomic E-state index is -0.930. The number of nitrogens with one attached hydrogen (secondary N) is 1. The zero-order valence-electron chi connectivity index (χ0n) is 18.7. The third kappa shape index (κ3) is 5.15. The molecule has 1 aliphatic carbocycles. The minimum absolute atomic E-state index is 0.166. The summed E-state index contributed by atoms with van der Waals surface area (Å²) in [5.74, 6) is -1.20.